The fourth-order valence-corrected chi connectivity index (χ4v) is 5.61. The number of rotatable bonds is 1. The maximum Gasteiger partial charge on any atom is 0.263 e. The zero-order valence-electron chi connectivity index (χ0n) is 11.7. The Balaban J connectivity index is 1.98. The van der Waals surface area contributed by atoms with E-state index < -0.39 is 0 Å². The molecule has 0 saturated heterocycles. The fraction of sp³-hybridized carbons (Fsp3) is 0.600. The lowest BCUT2D eigenvalue weighted by molar-refractivity contribution is 0.319. The summed E-state index contributed by atoms with van der Waals surface area (Å²) in [5.74, 6) is 1.47. The van der Waals surface area contributed by atoms with Crippen molar-refractivity contribution >= 4 is 33.8 Å². The monoisotopic (exact) mass is 306 g/mol. The molecule has 2 bridgehead atoms. The van der Waals surface area contributed by atoms with Gasteiger partial charge in [0.15, 0.2) is 4.77 Å². The second-order valence-corrected chi connectivity index (χ2v) is 7.95. The van der Waals surface area contributed by atoms with E-state index >= 15 is 0 Å². The highest BCUT2D eigenvalue weighted by molar-refractivity contribution is 7.71. The van der Waals surface area contributed by atoms with Crippen molar-refractivity contribution in [1.29, 1.82) is 0 Å². The molecule has 2 aromatic rings. The van der Waals surface area contributed by atoms with E-state index in [0.717, 1.165) is 28.1 Å². The lowest BCUT2D eigenvalue weighted by Gasteiger charge is -2.24. The number of thiophene rings is 1. The quantitative estimate of drug-likeness (QED) is 0.806. The molecule has 106 valence electrons. The Labute approximate surface area is 126 Å². The Kier molecular flexibility index (Phi) is 2.73. The summed E-state index contributed by atoms with van der Waals surface area (Å²) >= 11 is 7.12. The van der Waals surface area contributed by atoms with Crippen LogP contribution in [0.15, 0.2) is 4.79 Å². The SMILES string of the molecule is Cc1sc2[nH]c(=S)n(C3CC4CCC3C4)c(=O)c2c1C. The first kappa shape index (κ1) is 12.8. The van der Waals surface area contributed by atoms with Gasteiger partial charge in [-0.1, -0.05) is 6.42 Å². The molecule has 3 unspecified atom stereocenters. The minimum Gasteiger partial charge on any atom is -0.323 e. The van der Waals surface area contributed by atoms with Crippen molar-refractivity contribution in [1.82, 2.24) is 9.55 Å². The second kappa shape index (κ2) is 4.28. The number of hydrogen-bond acceptors (Lipinski definition) is 3. The van der Waals surface area contributed by atoms with Gasteiger partial charge in [-0.25, -0.2) is 0 Å². The van der Waals surface area contributed by atoms with Gasteiger partial charge in [0.05, 0.1) is 5.39 Å². The van der Waals surface area contributed by atoms with Crippen LogP contribution in [0.2, 0.25) is 0 Å². The van der Waals surface area contributed by atoms with Crippen LogP contribution in [0.3, 0.4) is 0 Å². The molecule has 20 heavy (non-hydrogen) atoms. The maximum absolute atomic E-state index is 12.9. The van der Waals surface area contributed by atoms with Crippen molar-refractivity contribution < 1.29 is 0 Å². The number of H-pyrrole nitrogens is 1. The molecule has 3 nitrogen and oxygen atoms in total. The topological polar surface area (TPSA) is 37.8 Å². The summed E-state index contributed by atoms with van der Waals surface area (Å²) in [6, 6.07) is 0.328. The smallest absolute Gasteiger partial charge is 0.263 e. The van der Waals surface area contributed by atoms with Crippen LogP contribution in [0, 0.1) is 30.5 Å². The number of aromatic amines is 1. The highest BCUT2D eigenvalue weighted by Gasteiger charge is 2.41. The molecule has 2 saturated carbocycles. The molecule has 0 radical (unpaired) electrons. The van der Waals surface area contributed by atoms with Gasteiger partial charge < -0.3 is 4.98 Å². The Morgan fingerprint density at radius 3 is 2.75 bits per heavy atom. The predicted molar refractivity (Wildman–Crippen MR) is 85.2 cm³/mol. The summed E-state index contributed by atoms with van der Waals surface area (Å²) in [5, 5.41) is 0.851. The predicted octanol–water partition coefficient (Wildman–Crippen LogP) is 4.10. The first-order valence-electron chi connectivity index (χ1n) is 7.30. The van der Waals surface area contributed by atoms with Gasteiger partial charge in [0.2, 0.25) is 0 Å². The molecule has 0 aromatic carbocycles. The molecule has 1 N–H and O–H groups in total. The molecule has 0 amide bonds. The molecular formula is C15H18N2OS2. The Bertz CT molecular complexity index is 814. The van der Waals surface area contributed by atoms with Crippen LogP contribution in [-0.2, 0) is 0 Å². The van der Waals surface area contributed by atoms with Crippen molar-refractivity contribution in [2.24, 2.45) is 11.8 Å². The average Bonchev–Trinajstić information content (AvgIpc) is 3.06. The van der Waals surface area contributed by atoms with E-state index in [1.165, 1.54) is 24.1 Å². The Morgan fingerprint density at radius 2 is 2.10 bits per heavy atom. The number of fused-ring (bicyclic) bond motifs is 3. The lowest BCUT2D eigenvalue weighted by Crippen LogP contribution is -2.29. The van der Waals surface area contributed by atoms with Gasteiger partial charge in [-0.15, -0.1) is 11.3 Å². The van der Waals surface area contributed by atoms with Gasteiger partial charge in [0.25, 0.3) is 5.56 Å². The van der Waals surface area contributed by atoms with Crippen molar-refractivity contribution in [2.75, 3.05) is 0 Å². The van der Waals surface area contributed by atoms with Gasteiger partial charge in [-0.3, -0.25) is 9.36 Å². The standard InChI is InChI=1S/C15H18N2OS2/c1-7-8(2)20-13-12(7)14(18)17(15(19)16-13)11-6-9-3-4-10(11)5-9/h9-11H,3-6H2,1-2H3,(H,16,19). The van der Waals surface area contributed by atoms with Crippen molar-refractivity contribution in [2.45, 2.75) is 45.6 Å². The third-order valence-electron chi connectivity index (χ3n) is 5.29. The summed E-state index contributed by atoms with van der Waals surface area (Å²) < 4.78 is 2.50. The number of nitrogens with zero attached hydrogens (tertiary/aromatic N) is 1. The van der Waals surface area contributed by atoms with Crippen LogP contribution in [-0.4, -0.2) is 9.55 Å². The second-order valence-electron chi connectivity index (χ2n) is 6.33. The fourth-order valence-electron chi connectivity index (χ4n) is 4.17. The molecule has 5 heteroatoms. The van der Waals surface area contributed by atoms with Crippen LogP contribution in [0.25, 0.3) is 10.2 Å². The highest BCUT2D eigenvalue weighted by Crippen LogP contribution is 2.50. The van der Waals surface area contributed by atoms with E-state index in [-0.39, 0.29) is 5.56 Å². The summed E-state index contributed by atoms with van der Waals surface area (Å²) in [6.45, 7) is 4.11. The third-order valence-corrected chi connectivity index (χ3v) is 6.71. The number of hydrogen-bond donors (Lipinski definition) is 1. The summed E-state index contributed by atoms with van der Waals surface area (Å²) in [4.78, 5) is 18.4. The molecule has 0 aliphatic heterocycles. The van der Waals surface area contributed by atoms with Crippen LogP contribution < -0.4 is 5.56 Å². The van der Waals surface area contributed by atoms with Crippen molar-refractivity contribution in [3.63, 3.8) is 0 Å². The lowest BCUT2D eigenvalue weighted by atomic mass is 9.95. The molecule has 0 spiro atoms. The summed E-state index contributed by atoms with van der Waals surface area (Å²) in [5.41, 5.74) is 1.24. The molecule has 3 atom stereocenters. The van der Waals surface area contributed by atoms with Crippen LogP contribution in [0.1, 0.15) is 42.2 Å². The summed E-state index contributed by atoms with van der Waals surface area (Å²) in [6.07, 6.45) is 5.02. The zero-order chi connectivity index (χ0) is 14.0. The van der Waals surface area contributed by atoms with E-state index in [9.17, 15) is 4.79 Å². The molecule has 4 rings (SSSR count). The Hall–Kier alpha value is -0.940. The van der Waals surface area contributed by atoms with Gasteiger partial charge in [0, 0.05) is 10.9 Å². The normalized spacial score (nSPS) is 28.6. The van der Waals surface area contributed by atoms with Gasteiger partial charge in [0.1, 0.15) is 4.83 Å². The first-order valence-corrected chi connectivity index (χ1v) is 8.53. The average molecular weight is 306 g/mol. The van der Waals surface area contributed by atoms with E-state index in [0.29, 0.717) is 16.7 Å². The third kappa shape index (κ3) is 1.62. The van der Waals surface area contributed by atoms with Crippen LogP contribution >= 0.6 is 23.6 Å². The molecule has 2 aliphatic carbocycles. The molecular weight excluding hydrogens is 288 g/mol. The molecule has 2 heterocycles. The van der Waals surface area contributed by atoms with E-state index in [2.05, 4.69) is 11.9 Å². The Morgan fingerprint density at radius 1 is 1.30 bits per heavy atom. The largest absolute Gasteiger partial charge is 0.323 e. The minimum absolute atomic E-state index is 0.128. The summed E-state index contributed by atoms with van der Waals surface area (Å²) in [7, 11) is 0. The van der Waals surface area contributed by atoms with Crippen molar-refractivity contribution in [3.05, 3.63) is 25.6 Å². The van der Waals surface area contributed by atoms with E-state index in [4.69, 9.17) is 12.2 Å². The first-order chi connectivity index (χ1) is 9.56. The van der Waals surface area contributed by atoms with Crippen LogP contribution in [0.5, 0.6) is 0 Å². The minimum atomic E-state index is 0.128. The zero-order valence-corrected chi connectivity index (χ0v) is 13.4. The molecule has 2 fully saturated rings. The highest BCUT2D eigenvalue weighted by atomic mass is 32.1. The maximum atomic E-state index is 12.9. The van der Waals surface area contributed by atoms with Gasteiger partial charge >= 0.3 is 0 Å². The molecule has 2 aromatic heterocycles. The van der Waals surface area contributed by atoms with E-state index in [1.807, 2.05) is 11.5 Å². The number of aromatic nitrogens is 2. The molecule has 2 aliphatic rings. The van der Waals surface area contributed by atoms with Gasteiger partial charge in [-0.2, -0.15) is 0 Å². The van der Waals surface area contributed by atoms with Gasteiger partial charge in [-0.05, 0) is 62.7 Å². The van der Waals surface area contributed by atoms with Crippen molar-refractivity contribution in [3.8, 4) is 0 Å². The van der Waals surface area contributed by atoms with Crippen LogP contribution in [0.4, 0.5) is 0 Å². The number of aryl methyl sites for hydroxylation is 2. The van der Waals surface area contributed by atoms with E-state index in [1.54, 1.807) is 11.3 Å². The number of nitrogens with one attached hydrogen (secondary N) is 1.